The van der Waals surface area contributed by atoms with Crippen molar-refractivity contribution in [2.75, 3.05) is 18.5 Å². The molecule has 3 nitrogen and oxygen atoms in total. The first-order valence-electron chi connectivity index (χ1n) is 7.48. The molecule has 1 heterocycles. The van der Waals surface area contributed by atoms with Crippen molar-refractivity contribution in [2.45, 2.75) is 44.9 Å². The van der Waals surface area contributed by atoms with Crippen LogP contribution in [0.2, 0.25) is 0 Å². The van der Waals surface area contributed by atoms with Crippen LogP contribution in [-0.2, 0) is 14.9 Å². The maximum atomic E-state index is 12.1. The number of ether oxygens (including phenoxy) is 1. The van der Waals surface area contributed by atoms with E-state index in [2.05, 4.69) is 38.2 Å². The molecule has 20 heavy (non-hydrogen) atoms. The number of anilines is 1. The molecule has 2 aliphatic rings. The lowest BCUT2D eigenvalue weighted by Crippen LogP contribution is -2.31. The fourth-order valence-corrected chi connectivity index (χ4v) is 3.64. The molecule has 1 aliphatic heterocycles. The van der Waals surface area contributed by atoms with Crippen LogP contribution in [0.25, 0.3) is 0 Å². The number of carbonyl (C=O) groups excluding carboxylic acids is 1. The Kier molecular flexibility index (Phi) is 3.33. The first kappa shape index (κ1) is 13.6. The zero-order chi connectivity index (χ0) is 14.3. The predicted molar refractivity (Wildman–Crippen MR) is 80.1 cm³/mol. The Hall–Kier alpha value is -1.35. The van der Waals surface area contributed by atoms with Crippen LogP contribution < -0.4 is 5.32 Å². The van der Waals surface area contributed by atoms with Gasteiger partial charge in [-0.1, -0.05) is 32.9 Å². The molecule has 1 aromatic carbocycles. The Balaban J connectivity index is 1.80. The second-order valence-corrected chi connectivity index (χ2v) is 6.91. The second-order valence-electron chi connectivity index (χ2n) is 6.91. The fraction of sp³-hybridized carbons (Fsp3) is 0.588. The molecule has 0 spiro atoms. The topological polar surface area (TPSA) is 38.3 Å². The highest BCUT2D eigenvalue weighted by Gasteiger charge is 2.36. The summed E-state index contributed by atoms with van der Waals surface area (Å²) < 4.78 is 5.12. The molecule has 1 N–H and O–H groups in total. The van der Waals surface area contributed by atoms with E-state index in [1.54, 1.807) is 0 Å². The lowest BCUT2D eigenvalue weighted by molar-refractivity contribution is -0.121. The summed E-state index contributed by atoms with van der Waals surface area (Å²) in [4.78, 5) is 12.1. The summed E-state index contributed by atoms with van der Waals surface area (Å²) in [5, 5.41) is 3.12. The normalized spacial score (nSPS) is 24.1. The second kappa shape index (κ2) is 4.88. The van der Waals surface area contributed by atoms with E-state index >= 15 is 0 Å². The SMILES string of the molecule is CC1CC(C)(C)c2cccc(NC(=O)CC3COC3)c21. The first-order chi connectivity index (χ1) is 9.47. The number of rotatable bonds is 3. The third-order valence-electron chi connectivity index (χ3n) is 4.60. The molecule has 3 heteroatoms. The Labute approximate surface area is 120 Å². The highest BCUT2D eigenvalue weighted by Crippen LogP contribution is 2.48. The van der Waals surface area contributed by atoms with Gasteiger partial charge in [0.05, 0.1) is 13.2 Å². The summed E-state index contributed by atoms with van der Waals surface area (Å²) in [6.07, 6.45) is 1.72. The molecule has 3 rings (SSSR count). The molecule has 0 saturated carbocycles. The van der Waals surface area contributed by atoms with Gasteiger partial charge in [-0.05, 0) is 34.9 Å². The average molecular weight is 273 g/mol. The summed E-state index contributed by atoms with van der Waals surface area (Å²) in [5.41, 5.74) is 3.92. The number of hydrogen-bond donors (Lipinski definition) is 1. The zero-order valence-electron chi connectivity index (χ0n) is 12.5. The van der Waals surface area contributed by atoms with Gasteiger partial charge >= 0.3 is 0 Å². The summed E-state index contributed by atoms with van der Waals surface area (Å²) in [6, 6.07) is 6.29. The average Bonchev–Trinajstić information content (AvgIpc) is 2.56. The molecule has 1 atom stereocenters. The van der Waals surface area contributed by atoms with Crippen molar-refractivity contribution in [3.05, 3.63) is 29.3 Å². The van der Waals surface area contributed by atoms with Crippen molar-refractivity contribution in [3.8, 4) is 0 Å². The number of amides is 1. The van der Waals surface area contributed by atoms with Gasteiger partial charge in [-0.25, -0.2) is 0 Å². The lowest BCUT2D eigenvalue weighted by atomic mass is 9.86. The number of benzene rings is 1. The van der Waals surface area contributed by atoms with Crippen LogP contribution >= 0.6 is 0 Å². The Bertz CT molecular complexity index is 532. The minimum Gasteiger partial charge on any atom is -0.381 e. The minimum atomic E-state index is 0.114. The standard InChI is InChI=1S/C17H23NO2/c1-11-8-17(2,3)13-5-4-6-14(16(11)13)18-15(19)7-12-9-20-10-12/h4-6,11-12H,7-10H2,1-3H3,(H,18,19). The van der Waals surface area contributed by atoms with Gasteiger partial charge in [0, 0.05) is 18.0 Å². The van der Waals surface area contributed by atoms with E-state index in [1.165, 1.54) is 11.1 Å². The van der Waals surface area contributed by atoms with Crippen molar-refractivity contribution in [3.63, 3.8) is 0 Å². The van der Waals surface area contributed by atoms with Gasteiger partial charge in [-0.15, -0.1) is 0 Å². The quantitative estimate of drug-likeness (QED) is 0.916. The van der Waals surface area contributed by atoms with E-state index in [4.69, 9.17) is 4.74 Å². The molecule has 1 aromatic rings. The van der Waals surface area contributed by atoms with Crippen LogP contribution in [-0.4, -0.2) is 19.1 Å². The van der Waals surface area contributed by atoms with Gasteiger partial charge in [0.25, 0.3) is 0 Å². The molecule has 108 valence electrons. The van der Waals surface area contributed by atoms with Gasteiger partial charge in [-0.3, -0.25) is 4.79 Å². The summed E-state index contributed by atoms with van der Waals surface area (Å²) in [7, 11) is 0. The molecule has 0 aromatic heterocycles. The zero-order valence-corrected chi connectivity index (χ0v) is 12.5. The smallest absolute Gasteiger partial charge is 0.224 e. The third-order valence-corrected chi connectivity index (χ3v) is 4.60. The molecule has 1 fully saturated rings. The van der Waals surface area contributed by atoms with Crippen molar-refractivity contribution in [1.29, 1.82) is 0 Å². The Morgan fingerprint density at radius 2 is 2.15 bits per heavy atom. The van der Waals surface area contributed by atoms with Crippen LogP contribution in [0, 0.1) is 5.92 Å². The van der Waals surface area contributed by atoms with Crippen molar-refractivity contribution in [1.82, 2.24) is 0 Å². The highest BCUT2D eigenvalue weighted by atomic mass is 16.5. The summed E-state index contributed by atoms with van der Waals surface area (Å²) in [5.74, 6) is 1.02. The van der Waals surface area contributed by atoms with E-state index in [-0.39, 0.29) is 11.3 Å². The third kappa shape index (κ3) is 2.35. The number of fused-ring (bicyclic) bond motifs is 1. The number of hydrogen-bond acceptors (Lipinski definition) is 2. The van der Waals surface area contributed by atoms with E-state index in [0.717, 1.165) is 25.3 Å². The molecule has 1 aliphatic carbocycles. The fourth-order valence-electron chi connectivity index (χ4n) is 3.64. The van der Waals surface area contributed by atoms with Crippen molar-refractivity contribution < 1.29 is 9.53 Å². The molecular formula is C17H23NO2. The van der Waals surface area contributed by atoms with Gasteiger partial charge in [-0.2, -0.15) is 0 Å². The van der Waals surface area contributed by atoms with Crippen molar-refractivity contribution in [2.24, 2.45) is 5.92 Å². The van der Waals surface area contributed by atoms with Crippen molar-refractivity contribution >= 4 is 11.6 Å². The van der Waals surface area contributed by atoms with Gasteiger partial charge in [0.2, 0.25) is 5.91 Å². The van der Waals surface area contributed by atoms with Gasteiger partial charge < -0.3 is 10.1 Å². The monoisotopic (exact) mass is 273 g/mol. The minimum absolute atomic E-state index is 0.114. The maximum Gasteiger partial charge on any atom is 0.224 e. The number of carbonyl (C=O) groups is 1. The molecule has 1 amide bonds. The highest BCUT2D eigenvalue weighted by molar-refractivity contribution is 5.92. The molecule has 1 saturated heterocycles. The van der Waals surface area contributed by atoms with E-state index in [1.807, 2.05) is 6.07 Å². The molecule has 1 unspecified atom stereocenters. The molecule has 0 bridgehead atoms. The number of nitrogens with one attached hydrogen (secondary N) is 1. The van der Waals surface area contributed by atoms with E-state index < -0.39 is 0 Å². The van der Waals surface area contributed by atoms with E-state index in [9.17, 15) is 4.79 Å². The van der Waals surface area contributed by atoms with E-state index in [0.29, 0.717) is 18.3 Å². The van der Waals surface area contributed by atoms with Crippen LogP contribution in [0.15, 0.2) is 18.2 Å². The Morgan fingerprint density at radius 1 is 1.40 bits per heavy atom. The summed E-state index contributed by atoms with van der Waals surface area (Å²) in [6.45, 7) is 8.27. The lowest BCUT2D eigenvalue weighted by Gasteiger charge is -2.25. The van der Waals surface area contributed by atoms with Crippen LogP contribution in [0.4, 0.5) is 5.69 Å². The van der Waals surface area contributed by atoms with Gasteiger partial charge in [0.15, 0.2) is 0 Å². The molecular weight excluding hydrogens is 250 g/mol. The largest absolute Gasteiger partial charge is 0.381 e. The predicted octanol–water partition coefficient (Wildman–Crippen LogP) is 3.45. The van der Waals surface area contributed by atoms with Crippen LogP contribution in [0.1, 0.15) is 50.7 Å². The Morgan fingerprint density at radius 3 is 2.80 bits per heavy atom. The van der Waals surface area contributed by atoms with Gasteiger partial charge in [0.1, 0.15) is 0 Å². The van der Waals surface area contributed by atoms with Crippen LogP contribution in [0.3, 0.4) is 0 Å². The maximum absolute atomic E-state index is 12.1. The molecule has 0 radical (unpaired) electrons. The van der Waals surface area contributed by atoms with Crippen LogP contribution in [0.5, 0.6) is 0 Å². The summed E-state index contributed by atoms with van der Waals surface area (Å²) >= 11 is 0. The first-order valence-corrected chi connectivity index (χ1v) is 7.48.